The first-order valence-corrected chi connectivity index (χ1v) is 8.74. The highest BCUT2D eigenvalue weighted by Crippen LogP contribution is 2.32. The molecule has 0 radical (unpaired) electrons. The Labute approximate surface area is 143 Å². The van der Waals surface area contributed by atoms with Gasteiger partial charge in [-0.25, -0.2) is 9.18 Å². The lowest BCUT2D eigenvalue weighted by molar-refractivity contribution is 0.190. The summed E-state index contributed by atoms with van der Waals surface area (Å²) in [5.41, 5.74) is 2.18. The molecule has 0 bridgehead atoms. The summed E-state index contributed by atoms with van der Waals surface area (Å²) in [5.74, 6) is -0.246. The minimum absolute atomic E-state index is 0.0284. The number of urea groups is 1. The van der Waals surface area contributed by atoms with Crippen molar-refractivity contribution in [2.75, 3.05) is 26.7 Å². The van der Waals surface area contributed by atoms with E-state index in [0.717, 1.165) is 44.5 Å². The fourth-order valence-electron chi connectivity index (χ4n) is 3.61. The molecule has 1 N–H and O–H groups in total. The molecular formula is C19H26FN3O. The summed E-state index contributed by atoms with van der Waals surface area (Å²) < 4.78 is 13.5. The van der Waals surface area contributed by atoms with Crippen LogP contribution in [0.2, 0.25) is 0 Å². The molecule has 5 heteroatoms. The summed E-state index contributed by atoms with van der Waals surface area (Å²) in [4.78, 5) is 16.8. The third kappa shape index (κ3) is 3.78. The fourth-order valence-corrected chi connectivity index (χ4v) is 3.61. The number of likely N-dealkylation sites (tertiary alicyclic amines) is 1. The lowest BCUT2D eigenvalue weighted by Gasteiger charge is -2.30. The van der Waals surface area contributed by atoms with Crippen molar-refractivity contribution in [2.24, 2.45) is 0 Å². The van der Waals surface area contributed by atoms with Gasteiger partial charge in [0, 0.05) is 25.7 Å². The van der Waals surface area contributed by atoms with Gasteiger partial charge in [-0.15, -0.1) is 0 Å². The van der Waals surface area contributed by atoms with Gasteiger partial charge in [0.15, 0.2) is 0 Å². The number of halogens is 1. The molecule has 1 aromatic rings. The van der Waals surface area contributed by atoms with Gasteiger partial charge in [-0.05, 0) is 56.5 Å². The second-order valence-electron chi connectivity index (χ2n) is 6.87. The van der Waals surface area contributed by atoms with Crippen LogP contribution in [0.4, 0.5) is 9.18 Å². The highest BCUT2D eigenvalue weighted by molar-refractivity contribution is 5.75. The van der Waals surface area contributed by atoms with Crippen LogP contribution in [-0.4, -0.2) is 48.6 Å². The summed E-state index contributed by atoms with van der Waals surface area (Å²) in [6.45, 7) is 4.73. The van der Waals surface area contributed by atoms with Crippen LogP contribution in [0.15, 0.2) is 35.9 Å². The van der Waals surface area contributed by atoms with Crippen LogP contribution in [0.1, 0.15) is 37.8 Å². The van der Waals surface area contributed by atoms with Gasteiger partial charge in [-0.3, -0.25) is 0 Å². The first-order chi connectivity index (χ1) is 11.5. The van der Waals surface area contributed by atoms with Crippen LogP contribution in [0.5, 0.6) is 0 Å². The van der Waals surface area contributed by atoms with E-state index >= 15 is 0 Å². The third-order valence-electron chi connectivity index (χ3n) is 5.09. The Balaban J connectivity index is 1.65. The molecule has 0 unspecified atom stereocenters. The number of carbonyl (C=O) groups excluding carboxylic acids is 1. The van der Waals surface area contributed by atoms with E-state index in [0.29, 0.717) is 0 Å². The largest absolute Gasteiger partial charge is 0.332 e. The summed E-state index contributed by atoms with van der Waals surface area (Å²) in [6, 6.07) is 6.57. The number of carbonyl (C=O) groups is 1. The van der Waals surface area contributed by atoms with Crippen molar-refractivity contribution >= 4 is 6.03 Å². The van der Waals surface area contributed by atoms with Crippen molar-refractivity contribution < 1.29 is 9.18 Å². The lowest BCUT2D eigenvalue weighted by atomic mass is 10.0. The Morgan fingerprint density at radius 3 is 2.92 bits per heavy atom. The minimum Gasteiger partial charge on any atom is -0.332 e. The van der Waals surface area contributed by atoms with Crippen LogP contribution in [0.25, 0.3) is 0 Å². The van der Waals surface area contributed by atoms with Crippen LogP contribution >= 0.6 is 0 Å². The number of benzene rings is 1. The van der Waals surface area contributed by atoms with E-state index in [4.69, 9.17) is 0 Å². The van der Waals surface area contributed by atoms with Crippen molar-refractivity contribution in [1.29, 1.82) is 0 Å². The molecule has 3 rings (SSSR count). The third-order valence-corrected chi connectivity index (χ3v) is 5.09. The molecule has 2 atom stereocenters. The number of nitrogens with zero attached hydrogens (tertiary/aromatic N) is 2. The quantitative estimate of drug-likeness (QED) is 0.863. The molecule has 4 nitrogen and oxygen atoms in total. The minimum atomic E-state index is -0.246. The van der Waals surface area contributed by atoms with E-state index < -0.39 is 0 Å². The van der Waals surface area contributed by atoms with Crippen LogP contribution in [-0.2, 0) is 0 Å². The number of nitrogens with one attached hydrogen (secondary N) is 1. The van der Waals surface area contributed by atoms with Gasteiger partial charge < -0.3 is 15.1 Å². The number of hydrogen-bond donors (Lipinski definition) is 1. The van der Waals surface area contributed by atoms with Gasteiger partial charge in [0.2, 0.25) is 0 Å². The van der Waals surface area contributed by atoms with E-state index in [1.54, 1.807) is 12.1 Å². The summed E-state index contributed by atoms with van der Waals surface area (Å²) in [5, 5.41) is 3.13. The standard InChI is InChI=1S/C19H26FN3O/c1-14(15-8-11-22(2)12-9-15)21-19(24)23-10-4-7-18(23)16-5-3-6-17(20)13-16/h3,5-6,8,13-14,18H,4,7,9-12H2,1-2H3,(H,21,24)/t14-,18-/m1/s1. The van der Waals surface area contributed by atoms with E-state index in [1.807, 2.05) is 17.9 Å². The Morgan fingerprint density at radius 1 is 1.38 bits per heavy atom. The van der Waals surface area contributed by atoms with Crippen molar-refractivity contribution in [3.63, 3.8) is 0 Å². The van der Waals surface area contributed by atoms with E-state index in [2.05, 4.69) is 23.3 Å². The van der Waals surface area contributed by atoms with Gasteiger partial charge >= 0.3 is 6.03 Å². The average Bonchev–Trinajstić information content (AvgIpc) is 3.05. The molecular weight excluding hydrogens is 305 g/mol. The molecule has 1 saturated heterocycles. The average molecular weight is 331 g/mol. The summed E-state index contributed by atoms with van der Waals surface area (Å²) >= 11 is 0. The molecule has 0 aliphatic carbocycles. The molecule has 0 aromatic heterocycles. The number of rotatable bonds is 3. The predicted molar refractivity (Wildman–Crippen MR) is 93.3 cm³/mol. The van der Waals surface area contributed by atoms with Gasteiger partial charge in [0.1, 0.15) is 5.82 Å². The normalized spacial score (nSPS) is 23.0. The smallest absolute Gasteiger partial charge is 0.318 e. The topological polar surface area (TPSA) is 35.6 Å². The molecule has 0 spiro atoms. The maximum atomic E-state index is 13.5. The molecule has 2 amide bonds. The molecule has 130 valence electrons. The summed E-state index contributed by atoms with van der Waals surface area (Å²) in [7, 11) is 2.10. The van der Waals surface area contributed by atoms with E-state index in [1.165, 1.54) is 11.6 Å². The molecule has 1 fully saturated rings. The Bertz CT molecular complexity index is 631. The van der Waals surface area contributed by atoms with Gasteiger partial charge in [-0.1, -0.05) is 18.2 Å². The maximum Gasteiger partial charge on any atom is 0.318 e. The van der Waals surface area contributed by atoms with Crippen molar-refractivity contribution in [2.45, 2.75) is 38.3 Å². The second-order valence-corrected chi connectivity index (χ2v) is 6.87. The highest BCUT2D eigenvalue weighted by atomic mass is 19.1. The van der Waals surface area contributed by atoms with E-state index in [-0.39, 0.29) is 23.9 Å². The van der Waals surface area contributed by atoms with Crippen molar-refractivity contribution in [3.05, 3.63) is 47.3 Å². The van der Waals surface area contributed by atoms with E-state index in [9.17, 15) is 9.18 Å². The Morgan fingerprint density at radius 2 is 2.21 bits per heavy atom. The first kappa shape index (κ1) is 17.0. The Hall–Kier alpha value is -1.88. The molecule has 24 heavy (non-hydrogen) atoms. The van der Waals surface area contributed by atoms with Gasteiger partial charge in [0.25, 0.3) is 0 Å². The van der Waals surface area contributed by atoms with Crippen molar-refractivity contribution in [1.82, 2.24) is 15.1 Å². The SMILES string of the molecule is C[C@@H](NC(=O)N1CCC[C@@H]1c1cccc(F)c1)C1=CCN(C)CC1. The fraction of sp³-hybridized carbons (Fsp3) is 0.526. The highest BCUT2D eigenvalue weighted by Gasteiger charge is 2.31. The number of hydrogen-bond acceptors (Lipinski definition) is 2. The van der Waals surface area contributed by atoms with Gasteiger partial charge in [-0.2, -0.15) is 0 Å². The molecule has 1 aromatic carbocycles. The zero-order chi connectivity index (χ0) is 17.1. The molecule has 2 heterocycles. The molecule has 2 aliphatic rings. The van der Waals surface area contributed by atoms with Crippen LogP contribution < -0.4 is 5.32 Å². The molecule has 2 aliphatic heterocycles. The monoisotopic (exact) mass is 331 g/mol. The zero-order valence-corrected chi connectivity index (χ0v) is 14.5. The van der Waals surface area contributed by atoms with Gasteiger partial charge in [0.05, 0.1) is 6.04 Å². The molecule has 0 saturated carbocycles. The van der Waals surface area contributed by atoms with Crippen LogP contribution in [0.3, 0.4) is 0 Å². The lowest BCUT2D eigenvalue weighted by Crippen LogP contribution is -2.45. The second kappa shape index (κ2) is 7.34. The maximum absolute atomic E-state index is 13.5. The van der Waals surface area contributed by atoms with Crippen molar-refractivity contribution in [3.8, 4) is 0 Å². The van der Waals surface area contributed by atoms with Crippen LogP contribution in [0, 0.1) is 5.82 Å². The first-order valence-electron chi connectivity index (χ1n) is 8.74. The Kier molecular flexibility index (Phi) is 5.19. The number of likely N-dealkylation sites (N-methyl/N-ethyl adjacent to an activating group) is 1. The summed E-state index contributed by atoms with van der Waals surface area (Å²) in [6.07, 6.45) is 5.04. The predicted octanol–water partition coefficient (Wildman–Crippen LogP) is 3.32. The number of amides is 2. The zero-order valence-electron chi connectivity index (χ0n) is 14.5.